The summed E-state index contributed by atoms with van der Waals surface area (Å²) in [7, 11) is 0. The molecule has 2 unspecified atom stereocenters. The molecule has 0 aliphatic rings. The first-order valence-corrected chi connectivity index (χ1v) is 22.0. The molecule has 7 heteroatoms. The van der Waals surface area contributed by atoms with Crippen LogP contribution in [0, 0.1) is 0 Å². The number of aliphatic carboxylic acids is 1. The van der Waals surface area contributed by atoms with Crippen molar-refractivity contribution in [1.29, 1.82) is 0 Å². The smallest absolute Gasteiger partial charge is 0.326 e. The number of unbranched alkanes of at least 4 members (excludes halogenated alkanes) is 24. The molecule has 0 saturated heterocycles. The van der Waals surface area contributed by atoms with Gasteiger partial charge in [-0.1, -0.05) is 154 Å². The van der Waals surface area contributed by atoms with E-state index >= 15 is 0 Å². The summed E-state index contributed by atoms with van der Waals surface area (Å²) in [5, 5.41) is 11.9. The molecule has 0 aromatic carbocycles. The third-order valence-electron chi connectivity index (χ3n) is 10.1. The average molecular weight is 721 g/mol. The maximum atomic E-state index is 12.8. The molecule has 0 aliphatic carbocycles. The van der Waals surface area contributed by atoms with Crippen LogP contribution in [-0.2, 0) is 19.1 Å². The Morgan fingerprint density at radius 3 is 1.45 bits per heavy atom. The predicted octanol–water partition coefficient (Wildman–Crippen LogP) is 12.3. The monoisotopic (exact) mass is 721 g/mol. The van der Waals surface area contributed by atoms with Crippen LogP contribution in [0.1, 0.15) is 232 Å². The van der Waals surface area contributed by atoms with Gasteiger partial charge in [-0.3, -0.25) is 9.59 Å². The second kappa shape index (κ2) is 39.3. The fourth-order valence-electron chi connectivity index (χ4n) is 6.74. The summed E-state index contributed by atoms with van der Waals surface area (Å²) in [5.74, 6) is -1.23. The van der Waals surface area contributed by atoms with Crippen LogP contribution in [0.4, 0.5) is 0 Å². The Labute approximate surface area is 315 Å². The van der Waals surface area contributed by atoms with Crippen molar-refractivity contribution in [1.82, 2.24) is 5.32 Å². The largest absolute Gasteiger partial charge is 0.480 e. The zero-order chi connectivity index (χ0) is 37.5. The lowest BCUT2D eigenvalue weighted by Gasteiger charge is -2.18. The molecule has 1 amide bonds. The van der Waals surface area contributed by atoms with Gasteiger partial charge in [-0.2, -0.15) is 0 Å². The van der Waals surface area contributed by atoms with E-state index in [-0.39, 0.29) is 18.0 Å². The van der Waals surface area contributed by atoms with Crippen molar-refractivity contribution in [2.75, 3.05) is 6.54 Å². The van der Waals surface area contributed by atoms with E-state index in [0.717, 1.165) is 64.2 Å². The number of carboxylic acids is 1. The molecule has 0 aromatic heterocycles. The number of allylic oxidation sites excluding steroid dienone is 2. The van der Waals surface area contributed by atoms with Gasteiger partial charge >= 0.3 is 11.9 Å². The molecular weight excluding hydrogens is 636 g/mol. The zero-order valence-electron chi connectivity index (χ0n) is 33.7. The maximum Gasteiger partial charge on any atom is 0.326 e. The van der Waals surface area contributed by atoms with Gasteiger partial charge in [0.2, 0.25) is 5.91 Å². The van der Waals surface area contributed by atoms with E-state index in [1.54, 1.807) is 0 Å². The van der Waals surface area contributed by atoms with Gasteiger partial charge in [0.25, 0.3) is 0 Å². The lowest BCUT2D eigenvalue weighted by Crippen LogP contribution is -2.40. The van der Waals surface area contributed by atoms with Crippen LogP contribution in [0.15, 0.2) is 12.2 Å². The summed E-state index contributed by atoms with van der Waals surface area (Å²) >= 11 is 0. The van der Waals surface area contributed by atoms with Gasteiger partial charge in [-0.05, 0) is 83.6 Å². The molecule has 0 bridgehead atoms. The number of rotatable bonds is 40. The highest BCUT2D eigenvalue weighted by Crippen LogP contribution is 2.19. The number of hydrogen-bond acceptors (Lipinski definition) is 5. The summed E-state index contributed by atoms with van der Waals surface area (Å²) in [6.45, 7) is 4.93. The third kappa shape index (κ3) is 36.3. The molecular formula is C44H84N2O5. The minimum atomic E-state index is -1.00. The third-order valence-corrected chi connectivity index (χ3v) is 10.1. The Morgan fingerprint density at radius 1 is 0.549 bits per heavy atom. The molecule has 0 saturated carbocycles. The summed E-state index contributed by atoms with van der Waals surface area (Å²) in [6.07, 6.45) is 42.5. The second-order valence-corrected chi connectivity index (χ2v) is 15.1. The standard InChI is InChI=1S/C44H84N2O5/c1-3-5-7-9-11-13-15-17-18-20-22-25-29-34-40(51-43(48)38-32-28-23-21-19-16-14-12-10-8-6-4-2)35-30-26-24-27-31-37-42(47)46-41(44(49)50)36-33-39-45/h12,14,40-41H,3-11,13,15-39,45H2,1-2H3,(H,46,47)(H,49,50)/b14-12-. The first kappa shape index (κ1) is 49.1. The van der Waals surface area contributed by atoms with Crippen molar-refractivity contribution in [2.45, 2.75) is 244 Å². The van der Waals surface area contributed by atoms with Crippen LogP contribution < -0.4 is 11.1 Å². The predicted molar refractivity (Wildman–Crippen MR) is 216 cm³/mol. The van der Waals surface area contributed by atoms with Crippen LogP contribution in [0.3, 0.4) is 0 Å². The quantitative estimate of drug-likeness (QED) is 0.0329. The molecule has 0 aromatic rings. The van der Waals surface area contributed by atoms with Crippen molar-refractivity contribution >= 4 is 17.8 Å². The van der Waals surface area contributed by atoms with E-state index in [4.69, 9.17) is 10.5 Å². The topological polar surface area (TPSA) is 119 Å². The Hall–Kier alpha value is -1.89. The number of carbonyl (C=O) groups excluding carboxylic acids is 2. The van der Waals surface area contributed by atoms with Gasteiger partial charge in [0.05, 0.1) is 0 Å². The number of amides is 1. The van der Waals surface area contributed by atoms with Crippen molar-refractivity contribution in [3.63, 3.8) is 0 Å². The summed E-state index contributed by atoms with van der Waals surface area (Å²) in [5.41, 5.74) is 5.48. The highest BCUT2D eigenvalue weighted by atomic mass is 16.5. The van der Waals surface area contributed by atoms with Crippen molar-refractivity contribution < 1.29 is 24.2 Å². The number of carbonyl (C=O) groups is 3. The van der Waals surface area contributed by atoms with Crippen LogP contribution in [0.25, 0.3) is 0 Å². The van der Waals surface area contributed by atoms with Crippen molar-refractivity contribution in [3.05, 3.63) is 12.2 Å². The molecule has 0 fully saturated rings. The molecule has 0 rings (SSSR count). The van der Waals surface area contributed by atoms with Gasteiger partial charge in [0, 0.05) is 12.8 Å². The fourth-order valence-corrected chi connectivity index (χ4v) is 6.74. The van der Waals surface area contributed by atoms with E-state index in [9.17, 15) is 19.5 Å². The number of ether oxygens (including phenoxy) is 1. The molecule has 2 atom stereocenters. The fraction of sp³-hybridized carbons (Fsp3) is 0.886. The van der Waals surface area contributed by atoms with Gasteiger partial charge in [-0.25, -0.2) is 4.79 Å². The number of hydrogen-bond donors (Lipinski definition) is 3. The molecule has 300 valence electrons. The highest BCUT2D eigenvalue weighted by Gasteiger charge is 2.19. The van der Waals surface area contributed by atoms with Gasteiger partial charge in [0.1, 0.15) is 12.1 Å². The van der Waals surface area contributed by atoms with Gasteiger partial charge < -0.3 is 20.9 Å². The lowest BCUT2D eigenvalue weighted by atomic mass is 10.0. The lowest BCUT2D eigenvalue weighted by molar-refractivity contribution is -0.150. The van der Waals surface area contributed by atoms with Gasteiger partial charge in [0.15, 0.2) is 0 Å². The number of nitrogens with one attached hydrogen (secondary N) is 1. The number of nitrogens with two attached hydrogens (primary N) is 1. The molecule has 0 aliphatic heterocycles. The Morgan fingerprint density at radius 2 is 0.961 bits per heavy atom. The zero-order valence-corrected chi connectivity index (χ0v) is 33.7. The SMILES string of the molecule is CCCCC/C=C\CCCCCCCC(=O)OC(CCCCCCCCCCCCCCC)CCCCCCCC(=O)NC(CCCN)C(=O)O. The maximum absolute atomic E-state index is 12.8. The van der Waals surface area contributed by atoms with E-state index in [1.807, 2.05) is 0 Å². The number of esters is 1. The molecule has 4 N–H and O–H groups in total. The molecule has 0 heterocycles. The molecule has 51 heavy (non-hydrogen) atoms. The molecule has 0 spiro atoms. The van der Waals surface area contributed by atoms with Crippen LogP contribution in [0.2, 0.25) is 0 Å². The Bertz CT molecular complexity index is 817. The summed E-state index contributed by atoms with van der Waals surface area (Å²) in [6, 6.07) is -0.854. The Balaban J connectivity index is 4.32. The van der Waals surface area contributed by atoms with E-state index in [2.05, 4.69) is 31.3 Å². The normalized spacial score (nSPS) is 12.7. The first-order valence-electron chi connectivity index (χ1n) is 22.0. The first-order chi connectivity index (χ1) is 24.9. The molecule has 7 nitrogen and oxygen atoms in total. The van der Waals surface area contributed by atoms with Crippen molar-refractivity contribution in [2.24, 2.45) is 5.73 Å². The van der Waals surface area contributed by atoms with E-state index in [0.29, 0.717) is 32.2 Å². The summed E-state index contributed by atoms with van der Waals surface area (Å²) < 4.78 is 6.04. The van der Waals surface area contributed by atoms with Crippen molar-refractivity contribution in [3.8, 4) is 0 Å². The summed E-state index contributed by atoms with van der Waals surface area (Å²) in [4.78, 5) is 36.3. The van der Waals surface area contributed by atoms with Crippen LogP contribution in [0.5, 0.6) is 0 Å². The second-order valence-electron chi connectivity index (χ2n) is 15.1. The highest BCUT2D eigenvalue weighted by molar-refractivity contribution is 5.83. The van der Waals surface area contributed by atoms with Crippen LogP contribution in [-0.4, -0.2) is 41.6 Å². The Kier molecular flexibility index (Phi) is 37.9. The number of carboxylic acid groups (broad SMARTS) is 1. The van der Waals surface area contributed by atoms with E-state index < -0.39 is 12.0 Å². The average Bonchev–Trinajstić information content (AvgIpc) is 3.11. The van der Waals surface area contributed by atoms with Gasteiger partial charge in [-0.15, -0.1) is 0 Å². The minimum Gasteiger partial charge on any atom is -0.480 e. The van der Waals surface area contributed by atoms with E-state index in [1.165, 1.54) is 128 Å². The molecule has 0 radical (unpaired) electrons. The van der Waals surface area contributed by atoms with Crippen LogP contribution >= 0.6 is 0 Å². The minimum absolute atomic E-state index is 0.0153.